The van der Waals surface area contributed by atoms with E-state index in [0.717, 1.165) is 12.8 Å². The Bertz CT molecular complexity index is 442. The van der Waals surface area contributed by atoms with Gasteiger partial charge in [0.15, 0.2) is 0 Å². The van der Waals surface area contributed by atoms with Crippen molar-refractivity contribution in [1.82, 2.24) is 0 Å². The van der Waals surface area contributed by atoms with Gasteiger partial charge in [0.25, 0.3) is 5.91 Å². The van der Waals surface area contributed by atoms with Crippen molar-refractivity contribution in [2.24, 2.45) is 0 Å². The molecule has 6 heteroatoms. The van der Waals surface area contributed by atoms with Gasteiger partial charge >= 0.3 is 6.61 Å². The SMILES string of the molecule is O=C(Nc1ccc(OC(F)F)cc1)C1(O)CCCC1. The van der Waals surface area contributed by atoms with Gasteiger partial charge in [0, 0.05) is 5.69 Å². The highest BCUT2D eigenvalue weighted by atomic mass is 19.3. The lowest BCUT2D eigenvalue weighted by atomic mass is 10.0. The summed E-state index contributed by atoms with van der Waals surface area (Å²) < 4.78 is 28.1. The molecule has 0 aliphatic heterocycles. The van der Waals surface area contributed by atoms with Gasteiger partial charge in [-0.1, -0.05) is 0 Å². The van der Waals surface area contributed by atoms with Crippen LogP contribution in [0.25, 0.3) is 0 Å². The third-order valence-corrected chi connectivity index (χ3v) is 3.19. The van der Waals surface area contributed by atoms with Gasteiger partial charge in [0.2, 0.25) is 0 Å². The van der Waals surface area contributed by atoms with Crippen molar-refractivity contribution < 1.29 is 23.4 Å². The first-order valence-electron chi connectivity index (χ1n) is 6.08. The number of ether oxygens (including phenoxy) is 1. The molecule has 0 radical (unpaired) electrons. The molecule has 0 atom stereocenters. The second-order valence-corrected chi connectivity index (χ2v) is 4.60. The Balaban J connectivity index is 1.97. The number of hydrogen-bond acceptors (Lipinski definition) is 3. The second-order valence-electron chi connectivity index (χ2n) is 4.60. The summed E-state index contributed by atoms with van der Waals surface area (Å²) in [6, 6.07) is 5.57. The fourth-order valence-corrected chi connectivity index (χ4v) is 2.15. The van der Waals surface area contributed by atoms with E-state index in [1.165, 1.54) is 24.3 Å². The van der Waals surface area contributed by atoms with Gasteiger partial charge in [0.05, 0.1) is 0 Å². The van der Waals surface area contributed by atoms with Crippen LogP contribution in [0.15, 0.2) is 24.3 Å². The lowest BCUT2D eigenvalue weighted by molar-refractivity contribution is -0.133. The third-order valence-electron chi connectivity index (χ3n) is 3.19. The number of halogens is 2. The van der Waals surface area contributed by atoms with E-state index in [4.69, 9.17) is 0 Å². The monoisotopic (exact) mass is 271 g/mol. The Morgan fingerprint density at radius 1 is 1.26 bits per heavy atom. The molecule has 1 aliphatic carbocycles. The fraction of sp³-hybridized carbons (Fsp3) is 0.462. The minimum atomic E-state index is -2.88. The minimum absolute atomic E-state index is 0.0209. The summed E-state index contributed by atoms with van der Waals surface area (Å²) in [4.78, 5) is 11.9. The van der Waals surface area contributed by atoms with Crippen LogP contribution in [-0.2, 0) is 4.79 Å². The Hall–Kier alpha value is -1.69. The number of carbonyl (C=O) groups is 1. The highest BCUT2D eigenvalue weighted by Gasteiger charge is 2.38. The molecule has 0 unspecified atom stereocenters. The number of alkyl halides is 2. The van der Waals surface area contributed by atoms with Gasteiger partial charge in [-0.25, -0.2) is 0 Å². The van der Waals surface area contributed by atoms with Crippen molar-refractivity contribution in [3.63, 3.8) is 0 Å². The van der Waals surface area contributed by atoms with E-state index in [1.54, 1.807) is 0 Å². The molecule has 4 nitrogen and oxygen atoms in total. The van der Waals surface area contributed by atoms with Crippen molar-refractivity contribution in [3.05, 3.63) is 24.3 Å². The van der Waals surface area contributed by atoms with Gasteiger partial charge in [-0.2, -0.15) is 8.78 Å². The quantitative estimate of drug-likeness (QED) is 0.884. The molecule has 0 heterocycles. The van der Waals surface area contributed by atoms with Crippen LogP contribution >= 0.6 is 0 Å². The van der Waals surface area contributed by atoms with Crippen LogP contribution in [-0.4, -0.2) is 23.2 Å². The predicted molar refractivity (Wildman–Crippen MR) is 65.1 cm³/mol. The molecular weight excluding hydrogens is 256 g/mol. The van der Waals surface area contributed by atoms with E-state index in [0.29, 0.717) is 18.5 Å². The fourth-order valence-electron chi connectivity index (χ4n) is 2.15. The van der Waals surface area contributed by atoms with Crippen molar-refractivity contribution in [2.75, 3.05) is 5.32 Å². The Morgan fingerprint density at radius 2 is 1.84 bits per heavy atom. The average Bonchev–Trinajstić information content (AvgIpc) is 2.79. The number of amides is 1. The molecule has 1 amide bonds. The molecule has 1 aromatic rings. The molecular formula is C13H15F2NO3. The lowest BCUT2D eigenvalue weighted by Crippen LogP contribution is -2.40. The van der Waals surface area contributed by atoms with Crippen LogP contribution in [0.4, 0.5) is 14.5 Å². The highest BCUT2D eigenvalue weighted by molar-refractivity contribution is 5.97. The molecule has 1 aliphatic rings. The summed E-state index contributed by atoms with van der Waals surface area (Å²) in [5, 5.41) is 12.6. The summed E-state index contributed by atoms with van der Waals surface area (Å²) >= 11 is 0. The highest BCUT2D eigenvalue weighted by Crippen LogP contribution is 2.30. The molecule has 19 heavy (non-hydrogen) atoms. The molecule has 2 N–H and O–H groups in total. The molecule has 1 saturated carbocycles. The maximum Gasteiger partial charge on any atom is 0.387 e. The van der Waals surface area contributed by atoms with E-state index in [1.807, 2.05) is 0 Å². The van der Waals surface area contributed by atoms with Crippen molar-refractivity contribution in [3.8, 4) is 5.75 Å². The van der Waals surface area contributed by atoms with Crippen molar-refractivity contribution in [1.29, 1.82) is 0 Å². The number of anilines is 1. The van der Waals surface area contributed by atoms with Gasteiger partial charge in [-0.05, 0) is 49.9 Å². The summed E-state index contributed by atoms with van der Waals surface area (Å²) in [5.41, 5.74) is -0.870. The zero-order chi connectivity index (χ0) is 13.9. The summed E-state index contributed by atoms with van der Waals surface area (Å²) in [7, 11) is 0. The van der Waals surface area contributed by atoms with E-state index in [-0.39, 0.29) is 5.75 Å². The first kappa shape index (κ1) is 13.7. The van der Waals surface area contributed by atoms with Crippen LogP contribution in [0.2, 0.25) is 0 Å². The Labute approximate surface area is 109 Å². The smallest absolute Gasteiger partial charge is 0.387 e. The van der Waals surface area contributed by atoms with E-state index in [9.17, 15) is 18.7 Å². The summed E-state index contributed by atoms with van der Waals surface area (Å²) in [6.45, 7) is -2.88. The molecule has 104 valence electrons. The van der Waals surface area contributed by atoms with Gasteiger partial charge in [-0.15, -0.1) is 0 Å². The maximum absolute atomic E-state index is 12.0. The molecule has 2 rings (SSSR count). The Morgan fingerprint density at radius 3 is 2.37 bits per heavy atom. The maximum atomic E-state index is 12.0. The number of rotatable bonds is 4. The molecule has 0 saturated heterocycles. The van der Waals surface area contributed by atoms with E-state index >= 15 is 0 Å². The largest absolute Gasteiger partial charge is 0.435 e. The lowest BCUT2D eigenvalue weighted by Gasteiger charge is -2.20. The molecule has 1 fully saturated rings. The molecule has 1 aromatic carbocycles. The zero-order valence-electron chi connectivity index (χ0n) is 10.2. The number of benzene rings is 1. The van der Waals surface area contributed by atoms with Gasteiger partial charge < -0.3 is 15.2 Å². The summed E-state index contributed by atoms with van der Waals surface area (Å²) in [6.07, 6.45) is 2.55. The van der Waals surface area contributed by atoms with Crippen LogP contribution in [0.1, 0.15) is 25.7 Å². The number of carbonyl (C=O) groups excluding carboxylic acids is 1. The normalized spacial score (nSPS) is 17.5. The number of hydrogen-bond donors (Lipinski definition) is 2. The average molecular weight is 271 g/mol. The second kappa shape index (κ2) is 5.52. The van der Waals surface area contributed by atoms with Crippen LogP contribution in [0.5, 0.6) is 5.75 Å². The van der Waals surface area contributed by atoms with Crippen molar-refractivity contribution >= 4 is 11.6 Å². The number of aliphatic hydroxyl groups is 1. The van der Waals surface area contributed by atoms with Crippen molar-refractivity contribution in [2.45, 2.75) is 37.9 Å². The van der Waals surface area contributed by atoms with Crippen LogP contribution in [0.3, 0.4) is 0 Å². The standard InChI is InChI=1S/C13H15F2NO3/c14-12(15)19-10-5-3-9(4-6-10)16-11(17)13(18)7-1-2-8-13/h3-6,12,18H,1-2,7-8H2,(H,16,17). The van der Waals surface area contributed by atoms with E-state index in [2.05, 4.69) is 10.1 Å². The first-order chi connectivity index (χ1) is 8.99. The van der Waals surface area contributed by atoms with Gasteiger partial charge in [0.1, 0.15) is 11.4 Å². The summed E-state index contributed by atoms with van der Waals surface area (Å²) in [5.74, 6) is -0.430. The first-order valence-corrected chi connectivity index (χ1v) is 6.08. The zero-order valence-corrected chi connectivity index (χ0v) is 10.2. The van der Waals surface area contributed by atoms with Crippen LogP contribution < -0.4 is 10.1 Å². The van der Waals surface area contributed by atoms with Gasteiger partial charge in [-0.3, -0.25) is 4.79 Å². The number of nitrogens with one attached hydrogen (secondary N) is 1. The molecule has 0 spiro atoms. The van der Waals surface area contributed by atoms with E-state index < -0.39 is 18.1 Å². The molecule has 0 bridgehead atoms. The Kier molecular flexibility index (Phi) is 3.99. The molecule has 0 aromatic heterocycles. The predicted octanol–water partition coefficient (Wildman–Crippen LogP) is 2.53. The topological polar surface area (TPSA) is 58.6 Å². The minimum Gasteiger partial charge on any atom is -0.435 e. The van der Waals surface area contributed by atoms with Crippen LogP contribution in [0, 0.1) is 0 Å². The third kappa shape index (κ3) is 3.41.